The first-order chi connectivity index (χ1) is 10.6. The van der Waals surface area contributed by atoms with E-state index in [9.17, 15) is 9.18 Å². The highest BCUT2D eigenvalue weighted by Crippen LogP contribution is 2.26. The van der Waals surface area contributed by atoms with Crippen LogP contribution < -0.4 is 10.1 Å². The number of hydrogen-bond donors (Lipinski definition) is 1. The summed E-state index contributed by atoms with van der Waals surface area (Å²) in [7, 11) is 0. The Bertz CT molecular complexity index is 682. The summed E-state index contributed by atoms with van der Waals surface area (Å²) in [5, 5.41) is 2.94. The minimum Gasteiger partial charge on any atom is -0.493 e. The summed E-state index contributed by atoms with van der Waals surface area (Å²) in [4.78, 5) is 12.1. The van der Waals surface area contributed by atoms with Crippen molar-refractivity contribution in [2.24, 2.45) is 0 Å². The smallest absolute Gasteiger partial charge is 0.251 e. The van der Waals surface area contributed by atoms with E-state index in [1.165, 1.54) is 35.4 Å². The fourth-order valence-electron chi connectivity index (χ4n) is 2.68. The van der Waals surface area contributed by atoms with E-state index >= 15 is 0 Å². The molecule has 1 aliphatic rings. The lowest BCUT2D eigenvalue weighted by Gasteiger charge is -2.14. The van der Waals surface area contributed by atoms with Crippen molar-refractivity contribution < 1.29 is 13.9 Å². The second-order valence-electron chi connectivity index (χ2n) is 5.63. The highest BCUT2D eigenvalue weighted by Gasteiger charge is 2.14. The van der Waals surface area contributed by atoms with Crippen LogP contribution in [0.25, 0.3) is 0 Å². The number of amides is 1. The Morgan fingerprint density at radius 2 is 2.05 bits per heavy atom. The molecule has 2 aromatic carbocycles. The van der Waals surface area contributed by atoms with Crippen LogP contribution in [0.1, 0.15) is 28.4 Å². The van der Waals surface area contributed by atoms with Gasteiger partial charge in [0.2, 0.25) is 0 Å². The molecule has 2 aromatic rings. The highest BCUT2D eigenvalue weighted by molar-refractivity contribution is 5.94. The maximum Gasteiger partial charge on any atom is 0.251 e. The normalized spacial score (nSPS) is 14.1. The van der Waals surface area contributed by atoms with Crippen molar-refractivity contribution in [3.05, 3.63) is 65.0 Å². The van der Waals surface area contributed by atoms with Crippen LogP contribution in [0.15, 0.2) is 42.5 Å². The Hall–Kier alpha value is -2.36. The van der Waals surface area contributed by atoms with E-state index in [-0.39, 0.29) is 17.8 Å². The van der Waals surface area contributed by atoms with Crippen LogP contribution in [-0.2, 0) is 12.8 Å². The predicted octanol–water partition coefficient (Wildman–Crippen LogP) is 3.12. The molecule has 4 heteroatoms. The molecule has 22 heavy (non-hydrogen) atoms. The fourth-order valence-corrected chi connectivity index (χ4v) is 2.68. The van der Waals surface area contributed by atoms with E-state index in [1.54, 1.807) is 0 Å². The third kappa shape index (κ3) is 3.27. The van der Waals surface area contributed by atoms with Gasteiger partial charge in [0.25, 0.3) is 5.91 Å². The van der Waals surface area contributed by atoms with E-state index in [2.05, 4.69) is 11.4 Å². The lowest BCUT2D eigenvalue weighted by Crippen LogP contribution is -2.34. The summed E-state index contributed by atoms with van der Waals surface area (Å²) in [6.45, 7) is 2.71. The standard InChI is InChI=1S/C18H18FNO2/c1-12(20-18(21)14-3-5-16(19)6-4-14)10-13-2-7-17-15(11-13)8-9-22-17/h2-7,11-12H,8-10H2,1H3,(H,20,21). The zero-order valence-electron chi connectivity index (χ0n) is 12.4. The first-order valence-corrected chi connectivity index (χ1v) is 7.43. The number of carbonyl (C=O) groups is 1. The Morgan fingerprint density at radius 3 is 2.82 bits per heavy atom. The van der Waals surface area contributed by atoms with Crippen molar-refractivity contribution in [1.29, 1.82) is 0 Å². The van der Waals surface area contributed by atoms with Gasteiger partial charge in [-0.15, -0.1) is 0 Å². The average Bonchev–Trinajstić information content (AvgIpc) is 2.95. The van der Waals surface area contributed by atoms with Gasteiger partial charge in [-0.1, -0.05) is 12.1 Å². The number of halogens is 1. The van der Waals surface area contributed by atoms with Crippen molar-refractivity contribution >= 4 is 5.91 Å². The minimum atomic E-state index is -0.343. The molecule has 0 aromatic heterocycles. The van der Waals surface area contributed by atoms with E-state index in [1.807, 2.05) is 19.1 Å². The number of fused-ring (bicyclic) bond motifs is 1. The first kappa shape index (κ1) is 14.6. The van der Waals surface area contributed by atoms with Crippen molar-refractivity contribution in [2.75, 3.05) is 6.61 Å². The molecular formula is C18H18FNO2. The highest BCUT2D eigenvalue weighted by atomic mass is 19.1. The van der Waals surface area contributed by atoms with Crippen LogP contribution in [0.2, 0.25) is 0 Å². The van der Waals surface area contributed by atoms with Gasteiger partial charge in [0, 0.05) is 18.0 Å². The van der Waals surface area contributed by atoms with Crippen LogP contribution in [0.5, 0.6) is 5.75 Å². The van der Waals surface area contributed by atoms with Crippen LogP contribution >= 0.6 is 0 Å². The van der Waals surface area contributed by atoms with Crippen molar-refractivity contribution in [1.82, 2.24) is 5.32 Å². The molecule has 0 saturated heterocycles. The van der Waals surface area contributed by atoms with Gasteiger partial charge in [0.15, 0.2) is 0 Å². The Labute approximate surface area is 129 Å². The van der Waals surface area contributed by atoms with Gasteiger partial charge in [0.05, 0.1) is 6.61 Å². The average molecular weight is 299 g/mol. The molecule has 0 radical (unpaired) electrons. The maximum atomic E-state index is 12.9. The molecule has 0 saturated carbocycles. The summed E-state index contributed by atoms with van der Waals surface area (Å²) in [5.41, 5.74) is 2.88. The largest absolute Gasteiger partial charge is 0.493 e. The summed E-state index contributed by atoms with van der Waals surface area (Å²) >= 11 is 0. The minimum absolute atomic E-state index is 0.00192. The molecule has 0 bridgehead atoms. The number of ether oxygens (including phenoxy) is 1. The van der Waals surface area contributed by atoms with Gasteiger partial charge < -0.3 is 10.1 Å². The lowest BCUT2D eigenvalue weighted by molar-refractivity contribution is 0.0940. The Morgan fingerprint density at radius 1 is 1.27 bits per heavy atom. The Kier molecular flexibility index (Phi) is 4.09. The number of benzene rings is 2. The van der Waals surface area contributed by atoms with E-state index in [0.29, 0.717) is 5.56 Å². The molecule has 3 nitrogen and oxygen atoms in total. The van der Waals surface area contributed by atoms with Crippen molar-refractivity contribution in [3.63, 3.8) is 0 Å². The topological polar surface area (TPSA) is 38.3 Å². The van der Waals surface area contributed by atoms with Crippen LogP contribution in [0, 0.1) is 5.82 Å². The van der Waals surface area contributed by atoms with E-state index in [4.69, 9.17) is 4.74 Å². The molecule has 1 heterocycles. The number of nitrogens with one attached hydrogen (secondary N) is 1. The van der Waals surface area contributed by atoms with Crippen LogP contribution in [0.4, 0.5) is 4.39 Å². The van der Waals surface area contributed by atoms with Gasteiger partial charge >= 0.3 is 0 Å². The van der Waals surface area contributed by atoms with Gasteiger partial charge in [0.1, 0.15) is 11.6 Å². The zero-order valence-corrected chi connectivity index (χ0v) is 12.4. The predicted molar refractivity (Wildman–Crippen MR) is 82.7 cm³/mol. The zero-order chi connectivity index (χ0) is 15.5. The molecule has 1 aliphatic heterocycles. The third-order valence-corrected chi connectivity index (χ3v) is 3.78. The second kappa shape index (κ2) is 6.18. The summed E-state index contributed by atoms with van der Waals surface area (Å²) in [6, 6.07) is 11.7. The molecule has 0 fully saturated rings. The Balaban J connectivity index is 1.61. The van der Waals surface area contributed by atoms with Crippen molar-refractivity contribution in [2.45, 2.75) is 25.8 Å². The molecule has 0 spiro atoms. The molecule has 1 amide bonds. The monoisotopic (exact) mass is 299 g/mol. The summed E-state index contributed by atoms with van der Waals surface area (Å²) in [5.74, 6) is 0.439. The van der Waals surface area contributed by atoms with Gasteiger partial charge in [-0.05, 0) is 54.8 Å². The quantitative estimate of drug-likeness (QED) is 0.942. The summed E-state index contributed by atoms with van der Waals surface area (Å²) in [6.07, 6.45) is 1.69. The molecular weight excluding hydrogens is 281 g/mol. The van der Waals surface area contributed by atoms with Crippen LogP contribution in [-0.4, -0.2) is 18.6 Å². The molecule has 1 N–H and O–H groups in total. The van der Waals surface area contributed by atoms with Gasteiger partial charge in [-0.3, -0.25) is 4.79 Å². The molecule has 3 rings (SSSR count). The van der Waals surface area contributed by atoms with Gasteiger partial charge in [-0.2, -0.15) is 0 Å². The first-order valence-electron chi connectivity index (χ1n) is 7.43. The van der Waals surface area contributed by atoms with Crippen molar-refractivity contribution in [3.8, 4) is 5.75 Å². The molecule has 1 atom stereocenters. The van der Waals surface area contributed by atoms with E-state index in [0.717, 1.165) is 25.2 Å². The lowest BCUT2D eigenvalue weighted by atomic mass is 10.0. The SMILES string of the molecule is CC(Cc1ccc2c(c1)CCO2)NC(=O)c1ccc(F)cc1. The summed E-state index contributed by atoms with van der Waals surface area (Å²) < 4.78 is 18.4. The fraction of sp³-hybridized carbons (Fsp3) is 0.278. The molecule has 0 aliphatic carbocycles. The van der Waals surface area contributed by atoms with Gasteiger partial charge in [-0.25, -0.2) is 4.39 Å². The number of hydrogen-bond acceptors (Lipinski definition) is 2. The van der Waals surface area contributed by atoms with Crippen LogP contribution in [0.3, 0.4) is 0 Å². The second-order valence-corrected chi connectivity index (χ2v) is 5.63. The number of rotatable bonds is 4. The van der Waals surface area contributed by atoms with E-state index < -0.39 is 0 Å². The molecule has 114 valence electrons. The third-order valence-electron chi connectivity index (χ3n) is 3.78. The molecule has 1 unspecified atom stereocenters. The number of carbonyl (C=O) groups excluding carboxylic acids is 1. The maximum absolute atomic E-state index is 12.9.